The van der Waals surface area contributed by atoms with Gasteiger partial charge in [-0.3, -0.25) is 14.3 Å². The van der Waals surface area contributed by atoms with E-state index in [9.17, 15) is 9.18 Å². The van der Waals surface area contributed by atoms with Crippen LogP contribution in [0.5, 0.6) is 0 Å². The average Bonchev–Trinajstić information content (AvgIpc) is 3.46. The summed E-state index contributed by atoms with van der Waals surface area (Å²) in [6, 6.07) is 20.5. The number of nitrogens with one attached hydrogen (secondary N) is 2. The van der Waals surface area contributed by atoms with E-state index in [1.807, 2.05) is 18.2 Å². The Morgan fingerprint density at radius 2 is 1.81 bits per heavy atom. The van der Waals surface area contributed by atoms with E-state index in [1.54, 1.807) is 36.1 Å². The predicted octanol–water partition coefficient (Wildman–Crippen LogP) is 4.81. The van der Waals surface area contributed by atoms with Crippen LogP contribution >= 0.6 is 0 Å². The maximum absolute atomic E-state index is 13.7. The number of pyridine rings is 1. The molecule has 0 radical (unpaired) electrons. The fourth-order valence-corrected chi connectivity index (χ4v) is 4.89. The molecule has 2 unspecified atom stereocenters. The molecule has 36 heavy (non-hydrogen) atoms. The van der Waals surface area contributed by atoms with E-state index >= 15 is 0 Å². The van der Waals surface area contributed by atoms with Crippen LogP contribution in [0.2, 0.25) is 0 Å². The first kappa shape index (κ1) is 23.9. The van der Waals surface area contributed by atoms with Crippen molar-refractivity contribution in [1.82, 2.24) is 19.9 Å². The molecule has 7 heteroatoms. The van der Waals surface area contributed by atoms with Crippen LogP contribution in [0.15, 0.2) is 83.9 Å². The zero-order valence-corrected chi connectivity index (χ0v) is 20.3. The average molecular weight is 484 g/mol. The van der Waals surface area contributed by atoms with Crippen molar-refractivity contribution < 1.29 is 4.39 Å². The molecular formula is C29H30FN5O. The zero-order valence-electron chi connectivity index (χ0n) is 20.3. The molecule has 2 atom stereocenters. The van der Waals surface area contributed by atoms with E-state index in [0.717, 1.165) is 37.8 Å². The number of anilines is 1. The predicted molar refractivity (Wildman–Crippen MR) is 141 cm³/mol. The molecule has 2 aromatic carbocycles. The number of nitrogens with zero attached hydrogens (tertiary/aromatic N) is 3. The Labute approximate surface area is 210 Å². The highest BCUT2D eigenvalue weighted by molar-refractivity contribution is 5.80. The van der Waals surface area contributed by atoms with E-state index in [4.69, 9.17) is 4.98 Å². The molecule has 3 heterocycles. The summed E-state index contributed by atoms with van der Waals surface area (Å²) in [6.07, 6.45) is 7.40. The van der Waals surface area contributed by atoms with E-state index in [2.05, 4.69) is 39.9 Å². The highest BCUT2D eigenvalue weighted by atomic mass is 19.1. The van der Waals surface area contributed by atoms with Crippen LogP contribution < -0.4 is 16.2 Å². The number of aromatic nitrogens is 3. The highest BCUT2D eigenvalue weighted by Gasteiger charge is 2.27. The van der Waals surface area contributed by atoms with Gasteiger partial charge in [-0.05, 0) is 67.6 Å². The third-order valence-corrected chi connectivity index (χ3v) is 6.86. The van der Waals surface area contributed by atoms with Crippen molar-refractivity contribution in [2.45, 2.75) is 37.8 Å². The summed E-state index contributed by atoms with van der Waals surface area (Å²) in [7, 11) is 1.73. The van der Waals surface area contributed by atoms with E-state index in [0.29, 0.717) is 28.8 Å². The van der Waals surface area contributed by atoms with Gasteiger partial charge in [0.15, 0.2) is 0 Å². The Kier molecular flexibility index (Phi) is 7.18. The van der Waals surface area contributed by atoms with Crippen LogP contribution in [0.25, 0.3) is 22.4 Å². The van der Waals surface area contributed by atoms with Gasteiger partial charge in [-0.2, -0.15) is 0 Å². The number of hydrogen-bond donors (Lipinski definition) is 2. The van der Waals surface area contributed by atoms with Crippen molar-refractivity contribution in [3.63, 3.8) is 0 Å². The lowest BCUT2D eigenvalue weighted by Gasteiger charge is -2.27. The van der Waals surface area contributed by atoms with Crippen molar-refractivity contribution in [3.05, 3.63) is 101 Å². The van der Waals surface area contributed by atoms with E-state index in [-0.39, 0.29) is 17.4 Å². The highest BCUT2D eigenvalue weighted by Crippen LogP contribution is 2.29. The van der Waals surface area contributed by atoms with Gasteiger partial charge >= 0.3 is 0 Å². The standard InChI is InChI=1S/C29H30FN5O/c1-35-28(36)26(21-10-12-23(30)13-11-21)27(22-15-18-31-19-16-22)34-29(35)33-25(24-8-5-17-32-24)14-9-20-6-3-2-4-7-20/h2-4,6-7,10-13,15-16,18-19,24-25,32H,5,8-9,14,17H2,1H3,(H,33,34). The van der Waals surface area contributed by atoms with E-state index in [1.165, 1.54) is 17.7 Å². The number of benzene rings is 2. The van der Waals surface area contributed by atoms with Crippen LogP contribution in [0.4, 0.5) is 10.3 Å². The Balaban J connectivity index is 1.54. The second kappa shape index (κ2) is 10.8. The monoisotopic (exact) mass is 483 g/mol. The second-order valence-electron chi connectivity index (χ2n) is 9.24. The zero-order chi connectivity index (χ0) is 24.9. The molecule has 0 spiro atoms. The summed E-state index contributed by atoms with van der Waals surface area (Å²) < 4.78 is 15.2. The molecule has 2 aromatic heterocycles. The number of aryl methyl sites for hydroxylation is 1. The minimum atomic E-state index is -0.349. The third-order valence-electron chi connectivity index (χ3n) is 6.86. The fourth-order valence-electron chi connectivity index (χ4n) is 4.89. The van der Waals surface area contributed by atoms with Crippen LogP contribution in [-0.2, 0) is 13.5 Å². The van der Waals surface area contributed by atoms with Gasteiger partial charge in [0.1, 0.15) is 5.82 Å². The van der Waals surface area contributed by atoms with Gasteiger partial charge in [0.05, 0.1) is 11.3 Å². The second-order valence-corrected chi connectivity index (χ2v) is 9.24. The minimum Gasteiger partial charge on any atom is -0.351 e. The molecule has 4 aromatic rings. The molecule has 1 saturated heterocycles. The Morgan fingerprint density at radius 3 is 2.50 bits per heavy atom. The maximum Gasteiger partial charge on any atom is 0.263 e. The van der Waals surface area contributed by atoms with Crippen molar-refractivity contribution in [2.24, 2.45) is 7.05 Å². The number of rotatable bonds is 8. The summed E-state index contributed by atoms with van der Waals surface area (Å²) in [5.41, 5.74) is 3.50. The smallest absolute Gasteiger partial charge is 0.263 e. The first-order chi connectivity index (χ1) is 17.6. The van der Waals surface area contributed by atoms with Gasteiger partial charge in [0.25, 0.3) is 5.56 Å². The molecule has 0 bridgehead atoms. The topological polar surface area (TPSA) is 71.8 Å². The molecular weight excluding hydrogens is 453 g/mol. The Hall–Kier alpha value is -3.84. The summed E-state index contributed by atoms with van der Waals surface area (Å²) in [5.74, 6) is 0.169. The van der Waals surface area contributed by atoms with Crippen LogP contribution in [0.1, 0.15) is 24.8 Å². The quantitative estimate of drug-likeness (QED) is 0.376. The molecule has 0 amide bonds. The van der Waals surface area contributed by atoms with Crippen molar-refractivity contribution >= 4 is 5.95 Å². The lowest BCUT2D eigenvalue weighted by atomic mass is 9.98. The fraction of sp³-hybridized carbons (Fsp3) is 0.276. The van der Waals surface area contributed by atoms with E-state index < -0.39 is 0 Å². The molecule has 1 aliphatic rings. The van der Waals surface area contributed by atoms with Gasteiger partial charge in [-0.15, -0.1) is 0 Å². The first-order valence-electron chi connectivity index (χ1n) is 12.4. The largest absolute Gasteiger partial charge is 0.351 e. The van der Waals surface area contributed by atoms with Crippen molar-refractivity contribution in [2.75, 3.05) is 11.9 Å². The number of halogens is 1. The molecule has 1 fully saturated rings. The van der Waals surface area contributed by atoms with Gasteiger partial charge in [0.2, 0.25) is 5.95 Å². The molecule has 184 valence electrons. The summed E-state index contributed by atoms with van der Waals surface area (Å²) in [6.45, 7) is 0.992. The van der Waals surface area contributed by atoms with Gasteiger partial charge in [-0.1, -0.05) is 42.5 Å². The summed E-state index contributed by atoms with van der Waals surface area (Å²) in [5, 5.41) is 7.23. The maximum atomic E-state index is 13.7. The van der Waals surface area contributed by atoms with Crippen LogP contribution in [0, 0.1) is 5.82 Å². The molecule has 2 N–H and O–H groups in total. The Morgan fingerprint density at radius 1 is 1.06 bits per heavy atom. The number of hydrogen-bond acceptors (Lipinski definition) is 5. The SMILES string of the molecule is Cn1c(NC(CCc2ccccc2)C2CCCN2)nc(-c2ccncc2)c(-c2ccc(F)cc2)c1=O. The molecule has 0 saturated carbocycles. The lowest BCUT2D eigenvalue weighted by molar-refractivity contribution is 0.480. The van der Waals surface area contributed by atoms with Gasteiger partial charge < -0.3 is 10.6 Å². The third kappa shape index (κ3) is 5.21. The minimum absolute atomic E-state index is 0.104. The summed E-state index contributed by atoms with van der Waals surface area (Å²) >= 11 is 0. The van der Waals surface area contributed by atoms with Crippen molar-refractivity contribution in [1.29, 1.82) is 0 Å². The molecule has 5 rings (SSSR count). The van der Waals surface area contributed by atoms with Crippen molar-refractivity contribution in [3.8, 4) is 22.4 Å². The first-order valence-corrected chi connectivity index (χ1v) is 12.4. The Bertz CT molecular complexity index is 1350. The van der Waals surface area contributed by atoms with Crippen LogP contribution in [-0.4, -0.2) is 33.2 Å². The normalized spacial score (nSPS) is 16.1. The molecule has 6 nitrogen and oxygen atoms in total. The summed E-state index contributed by atoms with van der Waals surface area (Å²) in [4.78, 5) is 22.8. The van der Waals surface area contributed by atoms with Gasteiger partial charge in [0, 0.05) is 37.1 Å². The molecule has 1 aliphatic heterocycles. The van der Waals surface area contributed by atoms with Crippen LogP contribution in [0.3, 0.4) is 0 Å². The van der Waals surface area contributed by atoms with Gasteiger partial charge in [-0.25, -0.2) is 9.37 Å². The molecule has 0 aliphatic carbocycles. The lowest BCUT2D eigenvalue weighted by Crippen LogP contribution is -2.42.